The minimum atomic E-state index is -0.423. The van der Waals surface area contributed by atoms with Crippen molar-refractivity contribution in [2.24, 2.45) is 0 Å². The normalized spacial score (nSPS) is 10.5. The summed E-state index contributed by atoms with van der Waals surface area (Å²) in [7, 11) is 0. The van der Waals surface area contributed by atoms with Gasteiger partial charge in [-0.2, -0.15) is 0 Å². The number of rotatable bonds is 3. The van der Waals surface area contributed by atoms with E-state index in [1.807, 2.05) is 0 Å². The zero-order valence-corrected chi connectivity index (χ0v) is 12.7. The molecule has 0 saturated carbocycles. The Labute approximate surface area is 128 Å². The van der Waals surface area contributed by atoms with Gasteiger partial charge in [0.2, 0.25) is 0 Å². The molecule has 0 bridgehead atoms. The molecule has 5 heteroatoms. The summed E-state index contributed by atoms with van der Waals surface area (Å²) < 4.78 is 13.6. The lowest BCUT2D eigenvalue weighted by Crippen LogP contribution is -2.04. The minimum absolute atomic E-state index is 0.108. The number of carbonyl (C=O) groups excluding carboxylic acids is 1. The Morgan fingerprint density at radius 2 is 1.84 bits per heavy atom. The van der Waals surface area contributed by atoms with Crippen molar-refractivity contribution in [3.63, 3.8) is 0 Å². The van der Waals surface area contributed by atoms with Gasteiger partial charge in [-0.25, -0.2) is 4.39 Å². The first kappa shape index (κ1) is 14.5. The molecular weight excluding hydrogens is 354 g/mol. The van der Waals surface area contributed by atoms with Gasteiger partial charge in [0.05, 0.1) is 5.02 Å². The van der Waals surface area contributed by atoms with Crippen LogP contribution in [0.3, 0.4) is 0 Å². The summed E-state index contributed by atoms with van der Waals surface area (Å²) in [5, 5.41) is 0.715. The Balaban J connectivity index is 2.23. The molecule has 2 aromatic carbocycles. The van der Waals surface area contributed by atoms with Gasteiger partial charge in [-0.05, 0) is 45.8 Å². The molecule has 0 aliphatic heterocycles. The number of carbonyl (C=O) groups is 1. The molecule has 2 rings (SSSR count). The third kappa shape index (κ3) is 3.56. The van der Waals surface area contributed by atoms with Crippen LogP contribution in [0.5, 0.6) is 0 Å². The largest absolute Gasteiger partial charge is 0.294 e. The first-order valence-corrected chi connectivity index (χ1v) is 6.94. The summed E-state index contributed by atoms with van der Waals surface area (Å²) in [4.78, 5) is 12.1. The van der Waals surface area contributed by atoms with Crippen LogP contribution >= 0.6 is 39.1 Å². The van der Waals surface area contributed by atoms with E-state index in [-0.39, 0.29) is 17.2 Å². The third-order valence-electron chi connectivity index (χ3n) is 2.61. The molecule has 0 unspecified atom stereocenters. The zero-order chi connectivity index (χ0) is 14.0. The van der Waals surface area contributed by atoms with Gasteiger partial charge in [-0.1, -0.05) is 35.3 Å². The topological polar surface area (TPSA) is 17.1 Å². The van der Waals surface area contributed by atoms with Crippen molar-refractivity contribution in [1.29, 1.82) is 0 Å². The van der Waals surface area contributed by atoms with Crippen molar-refractivity contribution in [2.45, 2.75) is 6.42 Å². The van der Waals surface area contributed by atoms with Gasteiger partial charge in [-0.15, -0.1) is 0 Å². The summed E-state index contributed by atoms with van der Waals surface area (Å²) in [6.45, 7) is 0. The van der Waals surface area contributed by atoms with Crippen LogP contribution in [0.2, 0.25) is 10.0 Å². The van der Waals surface area contributed by atoms with Crippen LogP contribution in [-0.4, -0.2) is 5.78 Å². The van der Waals surface area contributed by atoms with E-state index >= 15 is 0 Å². The predicted octanol–water partition coefficient (Wildman–Crippen LogP) is 5.32. The maximum atomic E-state index is 12.9. The van der Waals surface area contributed by atoms with Crippen LogP contribution in [0.25, 0.3) is 0 Å². The molecule has 98 valence electrons. The van der Waals surface area contributed by atoms with E-state index in [0.717, 1.165) is 4.47 Å². The van der Waals surface area contributed by atoms with Crippen LogP contribution in [0.1, 0.15) is 15.9 Å². The second kappa shape index (κ2) is 6.04. The summed E-state index contributed by atoms with van der Waals surface area (Å²) in [6.07, 6.45) is 0.108. The van der Waals surface area contributed by atoms with Crippen molar-refractivity contribution in [2.75, 3.05) is 0 Å². The van der Waals surface area contributed by atoms with E-state index in [2.05, 4.69) is 15.9 Å². The molecule has 0 aromatic heterocycles. The standard InChI is InChI=1S/C14H8BrCl2FO/c15-11-4-2-9(5-13(11)17)14(19)6-8-1-3-10(18)7-12(8)16/h1-5,7H,6H2. The Morgan fingerprint density at radius 3 is 2.47 bits per heavy atom. The maximum Gasteiger partial charge on any atom is 0.167 e. The average molecular weight is 362 g/mol. The average Bonchev–Trinajstić information content (AvgIpc) is 2.36. The van der Waals surface area contributed by atoms with Crippen molar-refractivity contribution in [3.05, 3.63) is 67.9 Å². The van der Waals surface area contributed by atoms with Crippen LogP contribution < -0.4 is 0 Å². The Bertz CT molecular complexity index is 643. The number of ketones is 1. The van der Waals surface area contributed by atoms with Gasteiger partial charge >= 0.3 is 0 Å². The number of halogens is 4. The fourth-order valence-electron chi connectivity index (χ4n) is 1.61. The van der Waals surface area contributed by atoms with Gasteiger partial charge in [0.25, 0.3) is 0 Å². The Hall–Kier alpha value is -0.900. The van der Waals surface area contributed by atoms with Crippen LogP contribution in [0, 0.1) is 5.82 Å². The molecule has 0 amide bonds. The molecule has 0 N–H and O–H groups in total. The SMILES string of the molecule is O=C(Cc1ccc(F)cc1Cl)c1ccc(Br)c(Cl)c1. The van der Waals surface area contributed by atoms with E-state index in [9.17, 15) is 9.18 Å². The Kier molecular flexibility index (Phi) is 4.61. The summed E-state index contributed by atoms with van der Waals surface area (Å²) in [5.41, 5.74) is 1.08. The lowest BCUT2D eigenvalue weighted by Gasteiger charge is -2.05. The quantitative estimate of drug-likeness (QED) is 0.676. The smallest absolute Gasteiger partial charge is 0.167 e. The first-order valence-electron chi connectivity index (χ1n) is 5.39. The van der Waals surface area contributed by atoms with Gasteiger partial charge in [0.1, 0.15) is 5.82 Å². The molecule has 0 spiro atoms. The van der Waals surface area contributed by atoms with Crippen LogP contribution in [0.15, 0.2) is 40.9 Å². The zero-order valence-electron chi connectivity index (χ0n) is 9.59. The van der Waals surface area contributed by atoms with E-state index in [1.165, 1.54) is 18.2 Å². The second-order valence-electron chi connectivity index (χ2n) is 3.96. The fraction of sp³-hybridized carbons (Fsp3) is 0.0714. The molecule has 0 aliphatic rings. The lowest BCUT2D eigenvalue weighted by molar-refractivity contribution is 0.0993. The summed E-state index contributed by atoms with van der Waals surface area (Å²) >= 11 is 15.1. The maximum absolute atomic E-state index is 12.9. The van der Waals surface area contributed by atoms with Gasteiger partial charge in [0, 0.05) is 21.5 Å². The highest BCUT2D eigenvalue weighted by molar-refractivity contribution is 9.10. The number of hydrogen-bond acceptors (Lipinski definition) is 1. The molecule has 2 aromatic rings. The highest BCUT2D eigenvalue weighted by atomic mass is 79.9. The molecular formula is C14H8BrCl2FO. The Morgan fingerprint density at radius 1 is 1.11 bits per heavy atom. The molecule has 0 heterocycles. The second-order valence-corrected chi connectivity index (χ2v) is 5.63. The van der Waals surface area contributed by atoms with Crippen molar-refractivity contribution in [3.8, 4) is 0 Å². The highest BCUT2D eigenvalue weighted by Crippen LogP contribution is 2.25. The molecule has 0 aliphatic carbocycles. The van der Waals surface area contributed by atoms with Crippen molar-refractivity contribution < 1.29 is 9.18 Å². The van der Waals surface area contributed by atoms with E-state index in [4.69, 9.17) is 23.2 Å². The van der Waals surface area contributed by atoms with E-state index in [1.54, 1.807) is 18.2 Å². The van der Waals surface area contributed by atoms with Crippen LogP contribution in [-0.2, 0) is 6.42 Å². The molecule has 0 atom stereocenters. The predicted molar refractivity (Wildman–Crippen MR) is 78.6 cm³/mol. The molecule has 1 nitrogen and oxygen atoms in total. The summed E-state index contributed by atoms with van der Waals surface area (Å²) in [5.74, 6) is -0.546. The van der Waals surface area contributed by atoms with Crippen molar-refractivity contribution >= 4 is 44.9 Å². The molecule has 0 saturated heterocycles. The van der Waals surface area contributed by atoms with Gasteiger partial charge < -0.3 is 0 Å². The number of Topliss-reactive ketones (excluding diaryl/α,β-unsaturated/α-hetero) is 1. The van der Waals surface area contributed by atoms with Gasteiger partial charge in [-0.3, -0.25) is 4.79 Å². The monoisotopic (exact) mass is 360 g/mol. The lowest BCUT2D eigenvalue weighted by atomic mass is 10.0. The van der Waals surface area contributed by atoms with Crippen LogP contribution in [0.4, 0.5) is 4.39 Å². The fourth-order valence-corrected chi connectivity index (χ4v) is 2.27. The minimum Gasteiger partial charge on any atom is -0.294 e. The molecule has 19 heavy (non-hydrogen) atoms. The first-order chi connectivity index (χ1) is 8.97. The van der Waals surface area contributed by atoms with Gasteiger partial charge in [0.15, 0.2) is 5.78 Å². The summed E-state index contributed by atoms with van der Waals surface area (Å²) in [6, 6.07) is 8.96. The number of benzene rings is 2. The van der Waals surface area contributed by atoms with E-state index < -0.39 is 5.82 Å². The molecule has 0 fully saturated rings. The number of hydrogen-bond donors (Lipinski definition) is 0. The van der Waals surface area contributed by atoms with Crippen molar-refractivity contribution in [1.82, 2.24) is 0 Å². The highest BCUT2D eigenvalue weighted by Gasteiger charge is 2.11. The third-order valence-corrected chi connectivity index (χ3v) is 4.19. The molecule has 0 radical (unpaired) electrons. The van der Waals surface area contributed by atoms with E-state index in [0.29, 0.717) is 16.1 Å².